The number of hydrogen-bond acceptors (Lipinski definition) is 3. The first kappa shape index (κ1) is 15.6. The van der Waals surface area contributed by atoms with Gasteiger partial charge in [-0.25, -0.2) is 0 Å². The van der Waals surface area contributed by atoms with Crippen molar-refractivity contribution in [3.8, 4) is 11.5 Å². The number of benzene rings is 2. The van der Waals surface area contributed by atoms with Crippen molar-refractivity contribution in [1.29, 1.82) is 0 Å². The lowest BCUT2D eigenvalue weighted by Crippen LogP contribution is -2.01. The highest BCUT2D eigenvalue weighted by atomic mass is 79.9. The predicted molar refractivity (Wildman–Crippen MR) is 86.2 cm³/mol. The first-order valence-corrected chi connectivity index (χ1v) is 7.53. The van der Waals surface area contributed by atoms with Gasteiger partial charge in [-0.1, -0.05) is 29.8 Å². The second kappa shape index (κ2) is 7.27. The standard InChI is InChI=1S/C17H17BrO3/c1-3-20-16-9-14(10-19)8-15(18)17(16)21-11-13-6-4-5-12(2)7-13/h4-10H,3,11H2,1-2H3. The molecule has 0 spiro atoms. The highest BCUT2D eigenvalue weighted by Gasteiger charge is 2.12. The van der Waals surface area contributed by atoms with Gasteiger partial charge in [-0.05, 0) is 47.5 Å². The van der Waals surface area contributed by atoms with E-state index >= 15 is 0 Å². The lowest BCUT2D eigenvalue weighted by atomic mass is 10.1. The Hall–Kier alpha value is -1.81. The average Bonchev–Trinajstić information content (AvgIpc) is 2.46. The number of carbonyl (C=O) groups excluding carboxylic acids is 1. The molecule has 0 aliphatic heterocycles. The molecule has 0 bridgehead atoms. The third-order valence-electron chi connectivity index (χ3n) is 2.93. The minimum Gasteiger partial charge on any atom is -0.490 e. The lowest BCUT2D eigenvalue weighted by Gasteiger charge is -2.14. The summed E-state index contributed by atoms with van der Waals surface area (Å²) in [5.74, 6) is 1.19. The van der Waals surface area contributed by atoms with Gasteiger partial charge in [0.05, 0.1) is 11.1 Å². The molecular formula is C17H17BrO3. The summed E-state index contributed by atoms with van der Waals surface area (Å²) in [4.78, 5) is 10.9. The molecule has 2 aromatic rings. The first-order valence-electron chi connectivity index (χ1n) is 6.74. The summed E-state index contributed by atoms with van der Waals surface area (Å²) in [5.41, 5.74) is 2.83. The van der Waals surface area contributed by atoms with Crippen molar-refractivity contribution < 1.29 is 14.3 Å². The third kappa shape index (κ3) is 4.08. The van der Waals surface area contributed by atoms with Crippen LogP contribution in [0.2, 0.25) is 0 Å². The van der Waals surface area contributed by atoms with Crippen LogP contribution in [0.15, 0.2) is 40.9 Å². The molecule has 0 amide bonds. The molecule has 0 heterocycles. The largest absolute Gasteiger partial charge is 0.490 e. The normalized spacial score (nSPS) is 10.2. The van der Waals surface area contributed by atoms with Crippen molar-refractivity contribution in [2.24, 2.45) is 0 Å². The van der Waals surface area contributed by atoms with Gasteiger partial charge >= 0.3 is 0 Å². The van der Waals surface area contributed by atoms with Crippen molar-refractivity contribution in [2.75, 3.05) is 6.61 Å². The molecule has 0 saturated carbocycles. The average molecular weight is 349 g/mol. The van der Waals surface area contributed by atoms with Gasteiger partial charge in [-0.2, -0.15) is 0 Å². The molecule has 0 saturated heterocycles. The summed E-state index contributed by atoms with van der Waals surface area (Å²) in [7, 11) is 0. The van der Waals surface area contributed by atoms with Gasteiger partial charge in [-0.15, -0.1) is 0 Å². The van der Waals surface area contributed by atoms with Crippen LogP contribution < -0.4 is 9.47 Å². The Morgan fingerprint density at radius 1 is 1.19 bits per heavy atom. The molecule has 2 rings (SSSR count). The number of aldehydes is 1. The van der Waals surface area contributed by atoms with E-state index < -0.39 is 0 Å². The molecule has 4 heteroatoms. The van der Waals surface area contributed by atoms with Crippen LogP contribution >= 0.6 is 15.9 Å². The molecule has 2 aromatic carbocycles. The Morgan fingerprint density at radius 2 is 2.00 bits per heavy atom. The fraction of sp³-hybridized carbons (Fsp3) is 0.235. The van der Waals surface area contributed by atoms with Crippen LogP contribution in [0.5, 0.6) is 11.5 Å². The molecule has 0 aliphatic carbocycles. The second-order valence-electron chi connectivity index (χ2n) is 4.66. The van der Waals surface area contributed by atoms with Crippen LogP contribution in [0.3, 0.4) is 0 Å². The minimum atomic E-state index is 0.445. The number of rotatable bonds is 6. The quantitative estimate of drug-likeness (QED) is 0.718. The fourth-order valence-electron chi connectivity index (χ4n) is 2.02. The maximum absolute atomic E-state index is 10.9. The summed E-state index contributed by atoms with van der Waals surface area (Å²) >= 11 is 3.43. The van der Waals surface area contributed by atoms with Gasteiger partial charge in [0.2, 0.25) is 0 Å². The van der Waals surface area contributed by atoms with Crippen molar-refractivity contribution in [2.45, 2.75) is 20.5 Å². The lowest BCUT2D eigenvalue weighted by molar-refractivity contribution is 0.112. The van der Waals surface area contributed by atoms with Crippen LogP contribution in [-0.4, -0.2) is 12.9 Å². The van der Waals surface area contributed by atoms with E-state index in [-0.39, 0.29) is 0 Å². The topological polar surface area (TPSA) is 35.5 Å². The van der Waals surface area contributed by atoms with Crippen LogP contribution in [-0.2, 0) is 6.61 Å². The third-order valence-corrected chi connectivity index (χ3v) is 3.52. The molecule has 0 atom stereocenters. The Balaban J connectivity index is 2.24. The van der Waals surface area contributed by atoms with Crippen molar-refractivity contribution in [1.82, 2.24) is 0 Å². The minimum absolute atomic E-state index is 0.445. The maximum Gasteiger partial charge on any atom is 0.175 e. The van der Waals surface area contributed by atoms with Crippen LogP contribution in [0.1, 0.15) is 28.4 Å². The van der Waals surface area contributed by atoms with Crippen molar-refractivity contribution >= 4 is 22.2 Å². The molecule has 0 N–H and O–H groups in total. The van der Waals surface area contributed by atoms with Gasteiger partial charge < -0.3 is 9.47 Å². The zero-order valence-electron chi connectivity index (χ0n) is 12.1. The number of halogens is 1. The van der Waals surface area contributed by atoms with Crippen LogP contribution in [0, 0.1) is 6.92 Å². The van der Waals surface area contributed by atoms with E-state index in [0.717, 1.165) is 11.8 Å². The van der Waals surface area contributed by atoms with E-state index in [1.165, 1.54) is 5.56 Å². The maximum atomic E-state index is 10.9. The van der Waals surface area contributed by atoms with E-state index in [4.69, 9.17) is 9.47 Å². The van der Waals surface area contributed by atoms with Gasteiger partial charge in [0.1, 0.15) is 12.9 Å². The van der Waals surface area contributed by atoms with E-state index in [0.29, 0.717) is 34.7 Å². The molecule has 0 unspecified atom stereocenters. The van der Waals surface area contributed by atoms with Gasteiger partial charge in [0.15, 0.2) is 11.5 Å². The van der Waals surface area contributed by atoms with Crippen molar-refractivity contribution in [3.63, 3.8) is 0 Å². The van der Waals surface area contributed by atoms with Crippen LogP contribution in [0.4, 0.5) is 0 Å². The molecule has 0 fully saturated rings. The molecule has 21 heavy (non-hydrogen) atoms. The van der Waals surface area contributed by atoms with E-state index in [9.17, 15) is 4.79 Å². The highest BCUT2D eigenvalue weighted by Crippen LogP contribution is 2.37. The number of aryl methyl sites for hydroxylation is 1. The predicted octanol–water partition coefficient (Wildman–Crippen LogP) is 4.55. The van der Waals surface area contributed by atoms with Gasteiger partial charge in [0.25, 0.3) is 0 Å². The summed E-state index contributed by atoms with van der Waals surface area (Å²) in [5, 5.41) is 0. The van der Waals surface area contributed by atoms with E-state index in [1.54, 1.807) is 12.1 Å². The van der Waals surface area contributed by atoms with Crippen LogP contribution in [0.25, 0.3) is 0 Å². The molecular weight excluding hydrogens is 332 g/mol. The van der Waals surface area contributed by atoms with E-state index in [2.05, 4.69) is 22.0 Å². The Kier molecular flexibility index (Phi) is 5.39. The molecule has 0 radical (unpaired) electrons. The SMILES string of the molecule is CCOc1cc(C=O)cc(Br)c1OCc1cccc(C)c1. The van der Waals surface area contributed by atoms with Crippen molar-refractivity contribution in [3.05, 3.63) is 57.6 Å². The van der Waals surface area contributed by atoms with Gasteiger partial charge in [0, 0.05) is 5.56 Å². The molecule has 0 aromatic heterocycles. The number of hydrogen-bond donors (Lipinski definition) is 0. The Morgan fingerprint density at radius 3 is 2.67 bits per heavy atom. The summed E-state index contributed by atoms with van der Waals surface area (Å²) < 4.78 is 12.1. The first-order chi connectivity index (χ1) is 10.1. The number of carbonyl (C=O) groups is 1. The zero-order chi connectivity index (χ0) is 15.2. The Labute approximate surface area is 133 Å². The number of ether oxygens (including phenoxy) is 2. The highest BCUT2D eigenvalue weighted by molar-refractivity contribution is 9.10. The van der Waals surface area contributed by atoms with E-state index in [1.807, 2.05) is 32.0 Å². The summed E-state index contributed by atoms with van der Waals surface area (Å²) in [6.07, 6.45) is 0.789. The summed E-state index contributed by atoms with van der Waals surface area (Å²) in [6.45, 7) is 4.89. The van der Waals surface area contributed by atoms with Gasteiger partial charge in [-0.3, -0.25) is 4.79 Å². The second-order valence-corrected chi connectivity index (χ2v) is 5.51. The molecule has 3 nitrogen and oxygen atoms in total. The fourth-order valence-corrected chi connectivity index (χ4v) is 2.59. The monoisotopic (exact) mass is 348 g/mol. The summed E-state index contributed by atoms with van der Waals surface area (Å²) in [6, 6.07) is 11.6. The smallest absolute Gasteiger partial charge is 0.175 e. The Bertz CT molecular complexity index is 638. The zero-order valence-corrected chi connectivity index (χ0v) is 13.6. The molecule has 0 aliphatic rings. The molecule has 110 valence electrons.